The third kappa shape index (κ3) is 3.33. The Labute approximate surface area is 111 Å². The molecule has 0 aliphatic carbocycles. The van der Waals surface area contributed by atoms with E-state index in [0.717, 1.165) is 36.3 Å². The summed E-state index contributed by atoms with van der Waals surface area (Å²) in [5.41, 5.74) is 0.965. The normalized spacial score (nSPS) is 25.8. The first kappa shape index (κ1) is 13.6. The summed E-state index contributed by atoms with van der Waals surface area (Å²) in [6, 6.07) is 8.10. The quantitative estimate of drug-likeness (QED) is 0.880. The van der Waals surface area contributed by atoms with Crippen molar-refractivity contribution in [2.24, 2.45) is 0 Å². The molecule has 0 saturated carbocycles. The van der Waals surface area contributed by atoms with Crippen LogP contribution in [0.3, 0.4) is 0 Å². The van der Waals surface area contributed by atoms with Gasteiger partial charge < -0.3 is 10.4 Å². The van der Waals surface area contributed by atoms with Crippen molar-refractivity contribution < 1.29 is 9.32 Å². The van der Waals surface area contributed by atoms with Gasteiger partial charge in [0.15, 0.2) is 0 Å². The van der Waals surface area contributed by atoms with E-state index in [-0.39, 0.29) is 6.04 Å². The Balaban J connectivity index is 2.01. The van der Waals surface area contributed by atoms with Crippen molar-refractivity contribution in [3.8, 4) is 5.75 Å². The first-order valence-electron chi connectivity index (χ1n) is 6.59. The molecule has 18 heavy (non-hydrogen) atoms. The molecule has 1 aromatic rings. The number of phenolic OH excluding ortho intramolecular Hbond substituents is 1. The van der Waals surface area contributed by atoms with Gasteiger partial charge in [-0.05, 0) is 25.3 Å². The third-order valence-electron chi connectivity index (χ3n) is 3.55. The fourth-order valence-electron chi connectivity index (χ4n) is 2.45. The van der Waals surface area contributed by atoms with E-state index in [1.54, 1.807) is 6.07 Å². The number of phenols is 1. The average molecular weight is 267 g/mol. The lowest BCUT2D eigenvalue weighted by atomic mass is 10.0. The molecule has 2 N–H and O–H groups in total. The SMILES string of the molecule is CCC(NC1CCS(=O)CC1)c1ccccc1O. The van der Waals surface area contributed by atoms with Crippen molar-refractivity contribution in [2.75, 3.05) is 11.5 Å². The van der Waals surface area contributed by atoms with Crippen LogP contribution in [0.25, 0.3) is 0 Å². The first-order valence-corrected chi connectivity index (χ1v) is 8.08. The van der Waals surface area contributed by atoms with Gasteiger partial charge in [-0.2, -0.15) is 0 Å². The Bertz CT molecular complexity index is 412. The van der Waals surface area contributed by atoms with Gasteiger partial charge in [0.2, 0.25) is 0 Å². The molecule has 1 aliphatic heterocycles. The van der Waals surface area contributed by atoms with Gasteiger partial charge in [-0.15, -0.1) is 0 Å². The van der Waals surface area contributed by atoms with Crippen LogP contribution in [0.15, 0.2) is 24.3 Å². The van der Waals surface area contributed by atoms with Crippen molar-refractivity contribution in [3.63, 3.8) is 0 Å². The third-order valence-corrected chi connectivity index (χ3v) is 4.93. The highest BCUT2D eigenvalue weighted by Gasteiger charge is 2.21. The van der Waals surface area contributed by atoms with Crippen LogP contribution in [0, 0.1) is 0 Å². The molecule has 1 fully saturated rings. The topological polar surface area (TPSA) is 49.3 Å². The Kier molecular flexibility index (Phi) is 4.78. The van der Waals surface area contributed by atoms with Crippen LogP contribution in [0.5, 0.6) is 5.75 Å². The minimum absolute atomic E-state index is 0.183. The van der Waals surface area contributed by atoms with E-state index in [2.05, 4.69) is 12.2 Å². The van der Waals surface area contributed by atoms with Crippen molar-refractivity contribution >= 4 is 10.8 Å². The number of para-hydroxylation sites is 1. The summed E-state index contributed by atoms with van der Waals surface area (Å²) in [7, 11) is -0.616. The molecule has 1 atom stereocenters. The molecule has 1 saturated heterocycles. The summed E-state index contributed by atoms with van der Waals surface area (Å²) < 4.78 is 11.3. The second-order valence-corrected chi connectivity index (χ2v) is 6.50. The fourth-order valence-corrected chi connectivity index (χ4v) is 3.75. The largest absolute Gasteiger partial charge is 0.508 e. The van der Waals surface area contributed by atoms with Gasteiger partial charge >= 0.3 is 0 Å². The van der Waals surface area contributed by atoms with Gasteiger partial charge in [-0.25, -0.2) is 0 Å². The molecule has 1 unspecified atom stereocenters. The van der Waals surface area contributed by atoms with E-state index < -0.39 is 10.8 Å². The second-order valence-electron chi connectivity index (χ2n) is 4.81. The summed E-state index contributed by atoms with van der Waals surface area (Å²) in [6.07, 6.45) is 2.88. The molecular formula is C14H21NO2S. The van der Waals surface area contributed by atoms with Crippen molar-refractivity contribution in [3.05, 3.63) is 29.8 Å². The Hall–Kier alpha value is -0.870. The molecule has 1 aliphatic rings. The molecule has 0 bridgehead atoms. The smallest absolute Gasteiger partial charge is 0.120 e. The summed E-state index contributed by atoms with van der Waals surface area (Å²) in [5.74, 6) is 1.96. The van der Waals surface area contributed by atoms with E-state index in [9.17, 15) is 9.32 Å². The summed E-state index contributed by atoms with van der Waals surface area (Å²) in [5, 5.41) is 13.5. The van der Waals surface area contributed by atoms with Crippen LogP contribution in [0.4, 0.5) is 0 Å². The molecule has 0 radical (unpaired) electrons. The van der Waals surface area contributed by atoms with Gasteiger partial charge in [0.05, 0.1) is 0 Å². The van der Waals surface area contributed by atoms with Gasteiger partial charge in [0.1, 0.15) is 5.75 Å². The first-order chi connectivity index (χ1) is 8.70. The summed E-state index contributed by atoms with van der Waals surface area (Å²) in [4.78, 5) is 0. The minimum Gasteiger partial charge on any atom is -0.508 e. The monoisotopic (exact) mass is 267 g/mol. The summed E-state index contributed by atoms with van der Waals surface area (Å²) in [6.45, 7) is 2.12. The predicted molar refractivity (Wildman–Crippen MR) is 75.2 cm³/mol. The zero-order chi connectivity index (χ0) is 13.0. The van der Waals surface area contributed by atoms with Crippen LogP contribution in [0.1, 0.15) is 37.8 Å². The molecule has 0 aromatic heterocycles. The van der Waals surface area contributed by atoms with Crippen LogP contribution in [0.2, 0.25) is 0 Å². The minimum atomic E-state index is -0.616. The van der Waals surface area contributed by atoms with Crippen LogP contribution >= 0.6 is 0 Å². The zero-order valence-corrected chi connectivity index (χ0v) is 11.6. The van der Waals surface area contributed by atoms with Crippen LogP contribution in [-0.2, 0) is 10.8 Å². The lowest BCUT2D eigenvalue weighted by Gasteiger charge is -2.28. The van der Waals surface area contributed by atoms with E-state index in [1.807, 2.05) is 18.2 Å². The maximum atomic E-state index is 11.3. The fraction of sp³-hybridized carbons (Fsp3) is 0.571. The van der Waals surface area contributed by atoms with Gasteiger partial charge in [0, 0.05) is 40.0 Å². The Morgan fingerprint density at radius 3 is 2.67 bits per heavy atom. The maximum Gasteiger partial charge on any atom is 0.120 e. The van der Waals surface area contributed by atoms with E-state index >= 15 is 0 Å². The summed E-state index contributed by atoms with van der Waals surface area (Å²) >= 11 is 0. The van der Waals surface area contributed by atoms with Gasteiger partial charge in [0.25, 0.3) is 0 Å². The maximum absolute atomic E-state index is 11.3. The number of aromatic hydroxyl groups is 1. The van der Waals surface area contributed by atoms with E-state index in [0.29, 0.717) is 11.8 Å². The van der Waals surface area contributed by atoms with E-state index in [1.165, 1.54) is 0 Å². The lowest BCUT2D eigenvalue weighted by molar-refractivity contribution is 0.387. The van der Waals surface area contributed by atoms with Crippen molar-refractivity contribution in [2.45, 2.75) is 38.3 Å². The highest BCUT2D eigenvalue weighted by molar-refractivity contribution is 7.85. The number of nitrogens with one attached hydrogen (secondary N) is 1. The number of benzene rings is 1. The van der Waals surface area contributed by atoms with E-state index in [4.69, 9.17) is 0 Å². The highest BCUT2D eigenvalue weighted by atomic mass is 32.2. The molecule has 4 heteroatoms. The van der Waals surface area contributed by atoms with Crippen molar-refractivity contribution in [1.82, 2.24) is 5.32 Å². The molecule has 1 aromatic carbocycles. The van der Waals surface area contributed by atoms with Gasteiger partial charge in [-0.3, -0.25) is 4.21 Å². The molecule has 1 heterocycles. The predicted octanol–water partition coefficient (Wildman–Crippen LogP) is 2.34. The number of hydrogen-bond acceptors (Lipinski definition) is 3. The Morgan fingerprint density at radius 1 is 1.39 bits per heavy atom. The average Bonchev–Trinajstić information content (AvgIpc) is 2.39. The zero-order valence-electron chi connectivity index (χ0n) is 10.8. The molecule has 2 rings (SSSR count). The standard InChI is InChI=1S/C14H21NO2S/c1-2-13(12-5-3-4-6-14(12)16)15-11-7-9-18(17)10-8-11/h3-6,11,13,15-16H,2,7-10H2,1H3. The van der Waals surface area contributed by atoms with Crippen molar-refractivity contribution in [1.29, 1.82) is 0 Å². The van der Waals surface area contributed by atoms with Crippen LogP contribution < -0.4 is 5.32 Å². The lowest BCUT2D eigenvalue weighted by Crippen LogP contribution is -2.38. The highest BCUT2D eigenvalue weighted by Crippen LogP contribution is 2.27. The second kappa shape index (κ2) is 6.34. The molecule has 0 amide bonds. The number of hydrogen-bond donors (Lipinski definition) is 2. The van der Waals surface area contributed by atoms with Gasteiger partial charge in [-0.1, -0.05) is 25.1 Å². The number of rotatable bonds is 4. The molecular weight excluding hydrogens is 246 g/mol. The molecule has 100 valence electrons. The Morgan fingerprint density at radius 2 is 2.06 bits per heavy atom. The van der Waals surface area contributed by atoms with Crippen LogP contribution in [-0.4, -0.2) is 26.9 Å². The molecule has 3 nitrogen and oxygen atoms in total. The molecule has 0 spiro atoms.